The molecule has 0 unspecified atom stereocenters. The lowest BCUT2D eigenvalue weighted by atomic mass is 10.2. The highest BCUT2D eigenvalue weighted by molar-refractivity contribution is 9.10. The standard InChI is InChI=1S/C11H11Br2NO2/c1-7(15)14(8(2)16)11-4-3-10(13)5-9(11)6-12/h3-5H,6H2,1-2H3. The molecule has 1 aromatic carbocycles. The van der Waals surface area contributed by atoms with Gasteiger partial charge in [0.05, 0.1) is 5.69 Å². The summed E-state index contributed by atoms with van der Waals surface area (Å²) in [5.41, 5.74) is 1.51. The smallest absolute Gasteiger partial charge is 0.230 e. The van der Waals surface area contributed by atoms with Crippen LogP contribution in [-0.2, 0) is 14.9 Å². The quantitative estimate of drug-likeness (QED) is 0.769. The lowest BCUT2D eigenvalue weighted by Crippen LogP contribution is -2.33. The number of carbonyl (C=O) groups excluding carboxylic acids is 2. The highest BCUT2D eigenvalue weighted by Gasteiger charge is 2.18. The van der Waals surface area contributed by atoms with Crippen LogP contribution in [0.5, 0.6) is 0 Å². The molecule has 3 nitrogen and oxygen atoms in total. The van der Waals surface area contributed by atoms with Crippen LogP contribution in [-0.4, -0.2) is 11.8 Å². The van der Waals surface area contributed by atoms with Gasteiger partial charge in [0.25, 0.3) is 0 Å². The van der Waals surface area contributed by atoms with Crippen LogP contribution in [0.2, 0.25) is 0 Å². The molecule has 0 atom stereocenters. The first-order chi connectivity index (χ1) is 7.47. The second kappa shape index (κ2) is 5.59. The topological polar surface area (TPSA) is 37.4 Å². The van der Waals surface area contributed by atoms with E-state index in [1.807, 2.05) is 6.07 Å². The molecule has 1 aromatic rings. The van der Waals surface area contributed by atoms with E-state index in [1.165, 1.54) is 18.7 Å². The number of hydrogen-bond donors (Lipinski definition) is 0. The molecule has 0 saturated heterocycles. The van der Waals surface area contributed by atoms with E-state index in [4.69, 9.17) is 0 Å². The summed E-state index contributed by atoms with van der Waals surface area (Å²) >= 11 is 6.69. The molecule has 0 aromatic heterocycles. The van der Waals surface area contributed by atoms with Crippen molar-refractivity contribution < 1.29 is 9.59 Å². The number of imide groups is 1. The Kier molecular flexibility index (Phi) is 4.68. The summed E-state index contributed by atoms with van der Waals surface area (Å²) < 4.78 is 0.915. The zero-order valence-corrected chi connectivity index (χ0v) is 12.1. The van der Waals surface area contributed by atoms with E-state index in [2.05, 4.69) is 31.9 Å². The summed E-state index contributed by atoms with van der Waals surface area (Å²) in [5, 5.41) is 0.582. The maximum absolute atomic E-state index is 11.4. The molecule has 0 radical (unpaired) electrons. The van der Waals surface area contributed by atoms with Gasteiger partial charge >= 0.3 is 0 Å². The number of hydrogen-bond acceptors (Lipinski definition) is 2. The molecular formula is C11H11Br2NO2. The van der Waals surface area contributed by atoms with Crippen molar-refractivity contribution in [3.05, 3.63) is 28.2 Å². The number of halogens is 2. The molecule has 2 amide bonds. The summed E-state index contributed by atoms with van der Waals surface area (Å²) in [5.74, 6) is -0.561. The largest absolute Gasteiger partial charge is 0.274 e. The number of nitrogens with zero attached hydrogens (tertiary/aromatic N) is 1. The van der Waals surface area contributed by atoms with Crippen LogP contribution >= 0.6 is 31.9 Å². The Morgan fingerprint density at radius 3 is 2.25 bits per heavy atom. The Morgan fingerprint density at radius 1 is 1.25 bits per heavy atom. The van der Waals surface area contributed by atoms with Gasteiger partial charge in [-0.05, 0) is 23.8 Å². The third kappa shape index (κ3) is 2.92. The van der Waals surface area contributed by atoms with Crippen LogP contribution in [0.4, 0.5) is 5.69 Å². The fourth-order valence-electron chi connectivity index (χ4n) is 1.44. The number of rotatable bonds is 2. The highest BCUT2D eigenvalue weighted by Crippen LogP contribution is 2.26. The van der Waals surface area contributed by atoms with Crippen molar-refractivity contribution in [3.8, 4) is 0 Å². The zero-order chi connectivity index (χ0) is 12.3. The average Bonchev–Trinajstić information content (AvgIpc) is 2.19. The molecule has 0 saturated carbocycles. The fourth-order valence-corrected chi connectivity index (χ4v) is 2.30. The van der Waals surface area contributed by atoms with Gasteiger partial charge in [-0.15, -0.1) is 0 Å². The van der Waals surface area contributed by atoms with Crippen molar-refractivity contribution in [2.75, 3.05) is 4.90 Å². The third-order valence-corrected chi connectivity index (χ3v) is 3.15. The lowest BCUT2D eigenvalue weighted by Gasteiger charge is -2.20. The Hall–Kier alpha value is -0.680. The summed E-state index contributed by atoms with van der Waals surface area (Å²) in [4.78, 5) is 24.0. The molecule has 0 heterocycles. The molecule has 0 bridgehead atoms. The second-order valence-electron chi connectivity index (χ2n) is 3.28. The summed E-state index contributed by atoms with van der Waals surface area (Å²) in [7, 11) is 0. The van der Waals surface area contributed by atoms with Crippen LogP contribution in [0.15, 0.2) is 22.7 Å². The molecule has 0 aliphatic rings. The van der Waals surface area contributed by atoms with E-state index < -0.39 is 0 Å². The van der Waals surface area contributed by atoms with Crippen molar-refractivity contribution in [1.82, 2.24) is 0 Å². The third-order valence-electron chi connectivity index (χ3n) is 2.06. The summed E-state index contributed by atoms with van der Waals surface area (Å²) in [6.45, 7) is 2.75. The monoisotopic (exact) mass is 347 g/mol. The summed E-state index contributed by atoms with van der Waals surface area (Å²) in [6, 6.07) is 5.44. The minimum absolute atomic E-state index is 0.281. The van der Waals surface area contributed by atoms with E-state index in [1.54, 1.807) is 12.1 Å². The highest BCUT2D eigenvalue weighted by atomic mass is 79.9. The predicted octanol–water partition coefficient (Wildman–Crippen LogP) is 3.24. The fraction of sp³-hybridized carbons (Fsp3) is 0.273. The maximum atomic E-state index is 11.4. The van der Waals surface area contributed by atoms with Gasteiger partial charge in [0.15, 0.2) is 0 Å². The molecular weight excluding hydrogens is 338 g/mol. The van der Waals surface area contributed by atoms with Crippen LogP contribution < -0.4 is 4.90 Å². The predicted molar refractivity (Wildman–Crippen MR) is 70.6 cm³/mol. The van der Waals surface area contributed by atoms with Crippen molar-refractivity contribution in [2.24, 2.45) is 0 Å². The SMILES string of the molecule is CC(=O)N(C(C)=O)c1ccc(Br)cc1CBr. The van der Waals surface area contributed by atoms with Gasteiger partial charge in [0.2, 0.25) is 11.8 Å². The second-order valence-corrected chi connectivity index (χ2v) is 4.76. The number of anilines is 1. The Balaban J connectivity index is 3.29. The van der Waals surface area contributed by atoms with Crippen molar-refractivity contribution in [3.63, 3.8) is 0 Å². The van der Waals surface area contributed by atoms with E-state index in [9.17, 15) is 9.59 Å². The van der Waals surface area contributed by atoms with Crippen LogP contribution in [0.3, 0.4) is 0 Å². The molecule has 5 heteroatoms. The molecule has 0 aliphatic carbocycles. The van der Waals surface area contributed by atoms with Crippen LogP contribution in [0.25, 0.3) is 0 Å². The van der Waals surface area contributed by atoms with E-state index in [0.29, 0.717) is 11.0 Å². The first-order valence-electron chi connectivity index (χ1n) is 4.63. The molecule has 0 fully saturated rings. The van der Waals surface area contributed by atoms with Crippen molar-refractivity contribution in [1.29, 1.82) is 0 Å². The molecule has 1 rings (SSSR count). The van der Waals surface area contributed by atoms with Gasteiger partial charge in [-0.25, -0.2) is 0 Å². The first kappa shape index (κ1) is 13.4. The lowest BCUT2D eigenvalue weighted by molar-refractivity contribution is -0.124. The van der Waals surface area contributed by atoms with Gasteiger partial charge in [0, 0.05) is 23.7 Å². The molecule has 0 aliphatic heterocycles. The van der Waals surface area contributed by atoms with E-state index in [0.717, 1.165) is 10.0 Å². The van der Waals surface area contributed by atoms with Gasteiger partial charge in [0.1, 0.15) is 0 Å². The van der Waals surface area contributed by atoms with Gasteiger partial charge in [-0.1, -0.05) is 31.9 Å². The molecule has 16 heavy (non-hydrogen) atoms. The Bertz CT molecular complexity index is 418. The number of benzene rings is 1. The van der Waals surface area contributed by atoms with Gasteiger partial charge in [-0.3, -0.25) is 14.5 Å². The summed E-state index contributed by atoms with van der Waals surface area (Å²) in [6.07, 6.45) is 0. The normalized spacial score (nSPS) is 10.0. The Morgan fingerprint density at radius 2 is 1.81 bits per heavy atom. The van der Waals surface area contributed by atoms with Crippen LogP contribution in [0.1, 0.15) is 19.4 Å². The minimum Gasteiger partial charge on any atom is -0.274 e. The number of amides is 2. The molecule has 0 spiro atoms. The number of carbonyl (C=O) groups is 2. The Labute approximate surface area is 111 Å². The number of alkyl halides is 1. The maximum Gasteiger partial charge on any atom is 0.230 e. The van der Waals surface area contributed by atoms with Crippen molar-refractivity contribution in [2.45, 2.75) is 19.2 Å². The van der Waals surface area contributed by atoms with Gasteiger partial charge < -0.3 is 0 Å². The van der Waals surface area contributed by atoms with Gasteiger partial charge in [-0.2, -0.15) is 0 Å². The molecule has 86 valence electrons. The van der Waals surface area contributed by atoms with Crippen LogP contribution in [0, 0.1) is 0 Å². The first-order valence-corrected chi connectivity index (χ1v) is 6.54. The average molecular weight is 349 g/mol. The van der Waals surface area contributed by atoms with Crippen molar-refractivity contribution >= 4 is 49.4 Å². The van der Waals surface area contributed by atoms with E-state index >= 15 is 0 Å². The molecule has 0 N–H and O–H groups in total. The van der Waals surface area contributed by atoms with E-state index in [-0.39, 0.29) is 11.8 Å². The minimum atomic E-state index is -0.281. The zero-order valence-electron chi connectivity index (χ0n) is 8.96.